The van der Waals surface area contributed by atoms with E-state index in [0.29, 0.717) is 22.4 Å². The van der Waals surface area contributed by atoms with Gasteiger partial charge in [0.15, 0.2) is 0 Å². The molecule has 0 spiro atoms. The Balaban J connectivity index is 1.73. The second kappa shape index (κ2) is 5.89. The van der Waals surface area contributed by atoms with Crippen LogP contribution in [0.2, 0.25) is 0 Å². The number of aromatic nitrogens is 2. The highest BCUT2D eigenvalue weighted by molar-refractivity contribution is 7.18. The highest BCUT2D eigenvalue weighted by Crippen LogP contribution is 2.39. The summed E-state index contributed by atoms with van der Waals surface area (Å²) >= 11 is 1.66. The number of hydrogen-bond donors (Lipinski definition) is 0. The highest BCUT2D eigenvalue weighted by atomic mass is 32.1. The predicted octanol–water partition coefficient (Wildman–Crippen LogP) is 7.17. The number of thiazole rings is 1. The Kier molecular flexibility index (Phi) is 2.52. The van der Waals surface area contributed by atoms with Gasteiger partial charge in [-0.15, -0.1) is 11.3 Å². The normalized spacial score (nSPS) is 16.5. The third-order valence-corrected chi connectivity index (χ3v) is 6.27. The van der Waals surface area contributed by atoms with Crippen molar-refractivity contribution < 1.29 is 12.6 Å². The summed E-state index contributed by atoms with van der Waals surface area (Å²) in [6, 6.07) is 10.9. The molecule has 0 saturated carbocycles. The van der Waals surface area contributed by atoms with Crippen molar-refractivity contribution in [1.29, 1.82) is 0 Å². The van der Waals surface area contributed by atoms with Gasteiger partial charge in [0.25, 0.3) is 0 Å². The van der Waals surface area contributed by atoms with Gasteiger partial charge in [0, 0.05) is 42.2 Å². The third kappa shape index (κ3) is 2.63. The molecule has 0 fully saturated rings. The zero-order valence-electron chi connectivity index (χ0n) is 21.8. The van der Waals surface area contributed by atoms with Crippen LogP contribution in [0.4, 0.5) is 0 Å². The molecule has 4 heteroatoms. The minimum Gasteiger partial charge on any atom is -0.455 e. The Morgan fingerprint density at radius 1 is 1.04 bits per heavy atom. The van der Waals surface area contributed by atoms with Crippen molar-refractivity contribution >= 4 is 43.5 Å². The van der Waals surface area contributed by atoms with Crippen molar-refractivity contribution in [3.8, 4) is 11.3 Å². The fraction of sp³-hybridized carbons (Fsp3) is 0.250. The lowest BCUT2D eigenvalue weighted by Gasteiger charge is -2.13. The molecule has 28 heavy (non-hydrogen) atoms. The number of rotatable bonds is 1. The fourth-order valence-corrected chi connectivity index (χ4v) is 4.39. The van der Waals surface area contributed by atoms with E-state index in [-0.39, 0.29) is 16.5 Å². The average Bonchev–Trinajstić information content (AvgIpc) is 3.30. The maximum Gasteiger partial charge on any atom is 0.144 e. The van der Waals surface area contributed by atoms with Crippen molar-refractivity contribution in [2.75, 3.05) is 0 Å². The average molecular weight is 393 g/mol. The lowest BCUT2D eigenvalue weighted by Crippen LogP contribution is -2.09. The van der Waals surface area contributed by atoms with Crippen molar-refractivity contribution in [2.24, 2.45) is 0 Å². The molecule has 0 saturated heterocycles. The number of furan rings is 1. The minimum atomic E-state index is -2.59. The molecule has 2 aromatic carbocycles. The monoisotopic (exact) mass is 392 g/mol. The maximum atomic E-state index is 7.86. The molecule has 5 aromatic rings. The van der Waals surface area contributed by atoms with Crippen LogP contribution in [0.25, 0.3) is 43.4 Å². The van der Waals surface area contributed by atoms with Crippen LogP contribution in [0.5, 0.6) is 0 Å². The Morgan fingerprint density at radius 2 is 1.89 bits per heavy atom. The molecule has 0 aliphatic carbocycles. The Hall–Kier alpha value is -2.72. The van der Waals surface area contributed by atoms with E-state index in [9.17, 15) is 0 Å². The van der Waals surface area contributed by atoms with E-state index >= 15 is 0 Å². The van der Waals surface area contributed by atoms with Crippen LogP contribution in [0.1, 0.15) is 45.1 Å². The molecular formula is C24H22N2OS. The Morgan fingerprint density at radius 3 is 2.68 bits per heavy atom. The lowest BCUT2D eigenvalue weighted by atomic mass is 9.98. The van der Waals surface area contributed by atoms with Crippen LogP contribution >= 0.6 is 11.3 Å². The Labute approximate surface area is 176 Å². The first kappa shape index (κ1) is 12.0. The number of para-hydroxylation sites is 1. The molecule has 5 rings (SSSR count). The molecule has 0 unspecified atom stereocenters. The van der Waals surface area contributed by atoms with Gasteiger partial charge in [0.1, 0.15) is 11.2 Å². The van der Waals surface area contributed by atoms with E-state index in [4.69, 9.17) is 17.6 Å². The van der Waals surface area contributed by atoms with Crippen LogP contribution < -0.4 is 0 Å². The summed E-state index contributed by atoms with van der Waals surface area (Å²) in [5.41, 5.74) is 2.51. The summed E-state index contributed by atoms with van der Waals surface area (Å²) in [6.07, 6.45) is 1.14. The van der Waals surface area contributed by atoms with E-state index in [1.165, 1.54) is 6.07 Å². The molecule has 0 N–H and O–H groups in total. The van der Waals surface area contributed by atoms with Gasteiger partial charge in [-0.05, 0) is 43.0 Å². The first-order chi connectivity index (χ1) is 15.7. The van der Waals surface area contributed by atoms with Gasteiger partial charge < -0.3 is 4.42 Å². The van der Waals surface area contributed by atoms with Crippen molar-refractivity contribution in [1.82, 2.24) is 9.97 Å². The maximum absolute atomic E-state index is 7.86. The van der Waals surface area contributed by atoms with Crippen LogP contribution in [0.3, 0.4) is 0 Å². The minimum absolute atomic E-state index is 0.0485. The topological polar surface area (TPSA) is 38.9 Å². The SMILES string of the molecule is [2H]C([2H])([2H])c1cnc(-c2cccc3c2oc2cc4nc(C(C)(C)C)sc4cc23)cc1C([2H])([2H])[2H]. The quantitative estimate of drug-likeness (QED) is 0.303. The van der Waals surface area contributed by atoms with Crippen LogP contribution in [0, 0.1) is 13.7 Å². The van der Waals surface area contributed by atoms with Gasteiger partial charge in [0.2, 0.25) is 0 Å². The van der Waals surface area contributed by atoms with Crippen LogP contribution in [-0.2, 0) is 5.41 Å². The van der Waals surface area contributed by atoms with Gasteiger partial charge in [-0.2, -0.15) is 0 Å². The molecular weight excluding hydrogens is 364 g/mol. The number of hydrogen-bond acceptors (Lipinski definition) is 4. The molecule has 0 radical (unpaired) electrons. The molecule has 0 atom stereocenters. The third-order valence-electron chi connectivity index (χ3n) is 4.83. The number of aryl methyl sites for hydroxylation is 2. The van der Waals surface area contributed by atoms with Gasteiger partial charge in [0.05, 0.1) is 20.9 Å². The molecule has 0 aliphatic rings. The molecule has 0 amide bonds. The standard InChI is InChI=1S/C24H22N2OS/c1-13-9-18(25-12-14(13)2)16-8-6-7-15-17-10-21-19(11-20(17)27-22(15)16)26-23(28-21)24(3,4)5/h6-12H,1-5H3/i1D3,2D3. The van der Waals surface area contributed by atoms with E-state index in [0.717, 1.165) is 32.2 Å². The summed E-state index contributed by atoms with van der Waals surface area (Å²) in [4.78, 5) is 9.10. The predicted molar refractivity (Wildman–Crippen MR) is 118 cm³/mol. The first-order valence-corrected chi connectivity index (χ1v) is 9.83. The summed E-state index contributed by atoms with van der Waals surface area (Å²) in [5.74, 6) is 0. The molecule has 3 nitrogen and oxygen atoms in total. The number of fused-ring (bicyclic) bond motifs is 4. The van der Waals surface area contributed by atoms with Crippen LogP contribution in [-0.4, -0.2) is 9.97 Å². The van der Waals surface area contributed by atoms with Crippen LogP contribution in [0.15, 0.2) is 47.0 Å². The van der Waals surface area contributed by atoms with E-state index in [1.807, 2.05) is 18.2 Å². The molecule has 0 aliphatic heterocycles. The summed E-state index contributed by atoms with van der Waals surface area (Å²) < 4.78 is 54.0. The summed E-state index contributed by atoms with van der Waals surface area (Å²) in [6.45, 7) is 1.23. The smallest absolute Gasteiger partial charge is 0.144 e. The zero-order valence-corrected chi connectivity index (χ0v) is 16.6. The second-order valence-electron chi connectivity index (χ2n) is 7.98. The van der Waals surface area contributed by atoms with Crippen molar-refractivity contribution in [2.45, 2.75) is 39.9 Å². The number of pyridine rings is 1. The van der Waals surface area contributed by atoms with E-state index < -0.39 is 13.7 Å². The van der Waals surface area contributed by atoms with E-state index in [2.05, 4.69) is 31.8 Å². The molecule has 3 heterocycles. The lowest BCUT2D eigenvalue weighted by molar-refractivity contribution is 0.587. The summed E-state index contributed by atoms with van der Waals surface area (Å²) in [5, 5.41) is 2.86. The van der Waals surface area contributed by atoms with Crippen molar-refractivity contribution in [3.05, 3.63) is 58.7 Å². The van der Waals surface area contributed by atoms with Gasteiger partial charge in [-0.25, -0.2) is 4.98 Å². The van der Waals surface area contributed by atoms with Crippen molar-refractivity contribution in [3.63, 3.8) is 0 Å². The largest absolute Gasteiger partial charge is 0.455 e. The number of benzene rings is 2. The van der Waals surface area contributed by atoms with Gasteiger partial charge in [-0.1, -0.05) is 32.9 Å². The fourth-order valence-electron chi connectivity index (χ4n) is 3.34. The first-order valence-electron chi connectivity index (χ1n) is 12.0. The second-order valence-corrected chi connectivity index (χ2v) is 9.02. The molecule has 3 aromatic heterocycles. The number of nitrogens with zero attached hydrogens (tertiary/aromatic N) is 2. The van der Waals surface area contributed by atoms with E-state index in [1.54, 1.807) is 17.4 Å². The molecule has 140 valence electrons. The summed E-state index contributed by atoms with van der Waals surface area (Å²) in [7, 11) is 0. The molecule has 0 bridgehead atoms. The zero-order chi connectivity index (χ0) is 24.6. The Bertz CT molecular complexity index is 1570. The van der Waals surface area contributed by atoms with Gasteiger partial charge in [-0.3, -0.25) is 4.98 Å². The van der Waals surface area contributed by atoms with Gasteiger partial charge >= 0.3 is 0 Å². The highest BCUT2D eigenvalue weighted by Gasteiger charge is 2.20.